The smallest absolute Gasteiger partial charge is 0.251 e. The Balaban J connectivity index is 2.56. The summed E-state index contributed by atoms with van der Waals surface area (Å²) < 4.78 is 6.19. The van der Waals surface area contributed by atoms with Gasteiger partial charge in [0, 0.05) is 11.3 Å². The fourth-order valence-electron chi connectivity index (χ4n) is 3.56. The maximum absolute atomic E-state index is 13.0. The second kappa shape index (κ2) is 6.57. The van der Waals surface area contributed by atoms with Crippen LogP contribution in [0.1, 0.15) is 76.2 Å². The average Bonchev–Trinajstić information content (AvgIpc) is 2.81. The number of nitrogens with two attached hydrogens (primary N) is 1. The second-order valence-electron chi connectivity index (χ2n) is 9.72. The Bertz CT molecular complexity index is 774. The van der Waals surface area contributed by atoms with Crippen LogP contribution in [0, 0.1) is 10.8 Å². The normalized spacial score (nSPS) is 20.5. The number of nitrogens with one attached hydrogen (secondary N) is 1. The minimum absolute atomic E-state index is 0.305. The lowest BCUT2D eigenvalue weighted by atomic mass is 9.68. The van der Waals surface area contributed by atoms with E-state index < -0.39 is 27.9 Å². The molecule has 0 fully saturated rings. The summed E-state index contributed by atoms with van der Waals surface area (Å²) in [6.07, 6.45) is 0.535. The number of ether oxygens (including phenoxy) is 1. The van der Waals surface area contributed by atoms with Crippen molar-refractivity contribution in [1.82, 2.24) is 0 Å². The number of aliphatic hydroxyl groups excluding tert-OH is 1. The number of primary amides is 1. The van der Waals surface area contributed by atoms with Crippen LogP contribution in [0.2, 0.25) is 0 Å². The van der Waals surface area contributed by atoms with E-state index in [-0.39, 0.29) is 12.5 Å². The van der Waals surface area contributed by atoms with Gasteiger partial charge in [-0.15, -0.1) is 11.3 Å². The predicted octanol–water partition coefficient (Wildman–Crippen LogP) is 3.42. The highest BCUT2D eigenvalue weighted by atomic mass is 32.1. The van der Waals surface area contributed by atoms with Crippen LogP contribution in [0.4, 0.5) is 5.00 Å². The summed E-state index contributed by atoms with van der Waals surface area (Å²) in [6.45, 7) is 15.0. The molecule has 1 unspecified atom stereocenters. The lowest BCUT2D eigenvalue weighted by Crippen LogP contribution is -2.46. The molecule has 2 amide bonds. The van der Waals surface area contributed by atoms with E-state index in [9.17, 15) is 14.7 Å². The molecule has 4 N–H and O–H groups in total. The summed E-state index contributed by atoms with van der Waals surface area (Å²) in [5.74, 6) is -0.908. The van der Waals surface area contributed by atoms with Crippen molar-refractivity contribution in [2.75, 3.05) is 11.9 Å². The summed E-state index contributed by atoms with van der Waals surface area (Å²) in [5, 5.41) is 13.2. The highest BCUT2D eigenvalue weighted by Gasteiger charge is 2.46. The molecule has 0 spiro atoms. The van der Waals surface area contributed by atoms with E-state index in [2.05, 4.69) is 5.32 Å². The minimum Gasteiger partial charge on any atom is -0.395 e. The van der Waals surface area contributed by atoms with Crippen molar-refractivity contribution in [3.63, 3.8) is 0 Å². The summed E-state index contributed by atoms with van der Waals surface area (Å²) >= 11 is 1.32. The van der Waals surface area contributed by atoms with Gasteiger partial charge in [-0.05, 0) is 45.6 Å². The lowest BCUT2D eigenvalue weighted by Gasteiger charge is -2.41. The first-order chi connectivity index (χ1) is 12.1. The Morgan fingerprint density at radius 1 is 1.22 bits per heavy atom. The molecular formula is C20H32N2O4S. The van der Waals surface area contributed by atoms with Gasteiger partial charge in [-0.2, -0.15) is 0 Å². The van der Waals surface area contributed by atoms with Crippen LogP contribution in [-0.2, 0) is 21.6 Å². The molecule has 1 aliphatic rings. The quantitative estimate of drug-likeness (QED) is 0.726. The third-order valence-electron chi connectivity index (χ3n) is 5.63. The number of carbonyl (C=O) groups excluding carboxylic acids is 2. The number of hydrogen-bond acceptors (Lipinski definition) is 5. The van der Waals surface area contributed by atoms with Crippen LogP contribution in [0.3, 0.4) is 0 Å². The molecule has 27 heavy (non-hydrogen) atoms. The lowest BCUT2D eigenvalue weighted by molar-refractivity contribution is -0.136. The highest BCUT2D eigenvalue weighted by Crippen LogP contribution is 2.49. The van der Waals surface area contributed by atoms with E-state index in [0.717, 1.165) is 10.4 Å². The molecule has 1 aromatic heterocycles. The van der Waals surface area contributed by atoms with E-state index >= 15 is 0 Å². The maximum atomic E-state index is 13.0. The second-order valence-corrected chi connectivity index (χ2v) is 10.7. The van der Waals surface area contributed by atoms with Gasteiger partial charge < -0.3 is 20.9 Å². The summed E-state index contributed by atoms with van der Waals surface area (Å²) in [4.78, 5) is 26.2. The Labute approximate surface area is 165 Å². The third kappa shape index (κ3) is 3.77. The van der Waals surface area contributed by atoms with E-state index in [4.69, 9.17) is 10.5 Å². The zero-order valence-corrected chi connectivity index (χ0v) is 18.4. The monoisotopic (exact) mass is 396 g/mol. The number of hydrogen-bond donors (Lipinski definition) is 3. The van der Waals surface area contributed by atoms with Crippen LogP contribution in [0.15, 0.2) is 0 Å². The van der Waals surface area contributed by atoms with Gasteiger partial charge in [-0.1, -0.05) is 20.8 Å². The molecule has 1 atom stereocenters. The summed E-state index contributed by atoms with van der Waals surface area (Å²) in [5.41, 5.74) is 4.34. The van der Waals surface area contributed by atoms with E-state index in [0.29, 0.717) is 17.0 Å². The largest absolute Gasteiger partial charge is 0.395 e. The van der Waals surface area contributed by atoms with Crippen LogP contribution in [0.5, 0.6) is 0 Å². The van der Waals surface area contributed by atoms with Gasteiger partial charge in [0.1, 0.15) is 5.00 Å². The molecule has 6 nitrogen and oxygen atoms in total. The Morgan fingerprint density at radius 2 is 1.78 bits per heavy atom. The molecule has 1 aromatic rings. The molecule has 2 rings (SSSR count). The molecule has 0 aliphatic carbocycles. The fourth-order valence-corrected chi connectivity index (χ4v) is 4.82. The molecule has 0 saturated carbocycles. The number of anilines is 1. The van der Waals surface area contributed by atoms with Crippen molar-refractivity contribution in [1.29, 1.82) is 0 Å². The minimum atomic E-state index is -1.02. The van der Waals surface area contributed by atoms with E-state index in [1.165, 1.54) is 11.3 Å². The van der Waals surface area contributed by atoms with Gasteiger partial charge in [0.05, 0.1) is 28.8 Å². The number of amides is 2. The number of carbonyl (C=O) groups is 2. The van der Waals surface area contributed by atoms with Crippen LogP contribution in [0.25, 0.3) is 0 Å². The van der Waals surface area contributed by atoms with Crippen molar-refractivity contribution in [2.24, 2.45) is 16.6 Å². The van der Waals surface area contributed by atoms with Gasteiger partial charge in [0.25, 0.3) is 5.91 Å². The van der Waals surface area contributed by atoms with Gasteiger partial charge >= 0.3 is 0 Å². The van der Waals surface area contributed by atoms with Crippen LogP contribution in [-0.4, -0.2) is 29.1 Å². The van der Waals surface area contributed by atoms with Gasteiger partial charge in [-0.3, -0.25) is 9.59 Å². The van der Waals surface area contributed by atoms with Crippen LogP contribution >= 0.6 is 11.3 Å². The predicted molar refractivity (Wildman–Crippen MR) is 108 cm³/mol. The van der Waals surface area contributed by atoms with Crippen molar-refractivity contribution in [3.8, 4) is 0 Å². The van der Waals surface area contributed by atoms with E-state index in [1.807, 2.05) is 48.5 Å². The Hall–Kier alpha value is -1.44. The number of rotatable bonds is 4. The molecule has 152 valence electrons. The molecule has 0 bridgehead atoms. The molecule has 0 aromatic carbocycles. The summed E-state index contributed by atoms with van der Waals surface area (Å²) in [7, 11) is 0. The average molecular weight is 397 g/mol. The first-order valence-corrected chi connectivity index (χ1v) is 9.96. The zero-order chi connectivity index (χ0) is 21.0. The van der Waals surface area contributed by atoms with Crippen molar-refractivity contribution in [2.45, 2.75) is 73.0 Å². The van der Waals surface area contributed by atoms with Gasteiger partial charge in [0.15, 0.2) is 0 Å². The van der Waals surface area contributed by atoms with Crippen molar-refractivity contribution in [3.05, 3.63) is 16.0 Å². The zero-order valence-electron chi connectivity index (χ0n) is 17.6. The molecule has 7 heteroatoms. The fraction of sp³-hybridized carbons (Fsp3) is 0.700. The SMILES string of the molecule is CC1(C)Cc2c(sc(NC(=O)C(C)(CO)C(C)(C)C)c2C(N)=O)C(C)(C)O1. The van der Waals surface area contributed by atoms with Crippen LogP contribution < -0.4 is 11.1 Å². The maximum Gasteiger partial charge on any atom is 0.251 e. The Morgan fingerprint density at radius 3 is 2.22 bits per heavy atom. The highest BCUT2D eigenvalue weighted by molar-refractivity contribution is 7.17. The summed E-state index contributed by atoms with van der Waals surface area (Å²) in [6, 6.07) is 0. The van der Waals surface area contributed by atoms with Crippen molar-refractivity contribution >= 4 is 28.2 Å². The molecule has 2 heterocycles. The molecule has 1 aliphatic heterocycles. The van der Waals surface area contributed by atoms with Crippen molar-refractivity contribution < 1.29 is 19.4 Å². The first kappa shape index (κ1) is 21.9. The number of aliphatic hydroxyl groups is 1. The standard InChI is InChI=1S/C20H32N2O4S/c1-17(2,3)20(8,10-23)16(25)22-15-12(14(21)24)11-9-18(4,5)26-19(6,7)13(11)27-15/h23H,9-10H2,1-8H3,(H2,21,24)(H,22,25). The van der Waals surface area contributed by atoms with E-state index in [1.54, 1.807) is 6.92 Å². The molecule has 0 saturated heterocycles. The van der Waals surface area contributed by atoms with Gasteiger partial charge in [0.2, 0.25) is 5.91 Å². The number of fused-ring (bicyclic) bond motifs is 1. The molecule has 0 radical (unpaired) electrons. The third-order valence-corrected chi connectivity index (χ3v) is 7.09. The molecular weight excluding hydrogens is 364 g/mol. The first-order valence-electron chi connectivity index (χ1n) is 9.14. The Kier molecular flexibility index (Phi) is 5.32. The topological polar surface area (TPSA) is 102 Å². The van der Waals surface area contributed by atoms with Gasteiger partial charge in [-0.25, -0.2) is 0 Å². The number of thiophene rings is 1.